The van der Waals surface area contributed by atoms with E-state index in [0.29, 0.717) is 5.82 Å². The van der Waals surface area contributed by atoms with Gasteiger partial charge in [0.2, 0.25) is 0 Å². The van der Waals surface area contributed by atoms with E-state index in [0.717, 1.165) is 52.3 Å². The van der Waals surface area contributed by atoms with Crippen molar-refractivity contribution < 1.29 is 0 Å². The first-order chi connectivity index (χ1) is 17.7. The predicted molar refractivity (Wildman–Crippen MR) is 143 cm³/mol. The van der Waals surface area contributed by atoms with E-state index in [1.54, 1.807) is 6.33 Å². The van der Waals surface area contributed by atoms with Gasteiger partial charge in [0, 0.05) is 29.4 Å². The average Bonchev–Trinajstić information content (AvgIpc) is 3.25. The Morgan fingerprint density at radius 2 is 1.83 bits per heavy atom. The van der Waals surface area contributed by atoms with Crippen molar-refractivity contribution in [2.75, 3.05) is 25.4 Å². The van der Waals surface area contributed by atoms with Gasteiger partial charge in [-0.15, -0.1) is 0 Å². The number of nitrogen functional groups attached to an aromatic ring is 1. The molecule has 2 fully saturated rings. The van der Waals surface area contributed by atoms with E-state index in [1.165, 1.54) is 50.2 Å². The molecule has 2 N–H and O–H groups in total. The van der Waals surface area contributed by atoms with Gasteiger partial charge in [-0.3, -0.25) is 4.68 Å². The lowest BCUT2D eigenvalue weighted by molar-refractivity contribution is 0.316. The number of nitrogens with two attached hydrogens (primary N) is 1. The number of aromatic nitrogens is 5. The van der Waals surface area contributed by atoms with E-state index in [-0.39, 0.29) is 0 Å². The molecule has 2 aliphatic rings. The Kier molecular flexibility index (Phi) is 5.24. The zero-order valence-electron chi connectivity index (χ0n) is 20.4. The summed E-state index contributed by atoms with van der Waals surface area (Å²) < 4.78 is 4.03. The first-order valence-corrected chi connectivity index (χ1v) is 13.1. The molecule has 4 heterocycles. The average molecular weight is 478 g/mol. The summed E-state index contributed by atoms with van der Waals surface area (Å²) in [5.41, 5.74) is 12.9. The van der Waals surface area contributed by atoms with Crippen LogP contribution in [0.25, 0.3) is 27.5 Å². The molecular weight excluding hydrogens is 446 g/mol. The van der Waals surface area contributed by atoms with Gasteiger partial charge in [-0.2, -0.15) is 10.2 Å². The van der Waals surface area contributed by atoms with Crippen molar-refractivity contribution in [1.29, 1.82) is 0 Å². The van der Waals surface area contributed by atoms with Crippen molar-refractivity contribution in [2.24, 2.45) is 11.8 Å². The molecule has 5 aromatic rings. The normalized spacial score (nSPS) is 20.0. The SMILES string of the molecule is Nc1ncnn2c(CC3CC3CN3CCCC3)cc(-c3ccc4cn(Cc5ccccc5)nc4c3)c12. The van der Waals surface area contributed by atoms with Crippen molar-refractivity contribution >= 4 is 22.2 Å². The van der Waals surface area contributed by atoms with Gasteiger partial charge in [0.05, 0.1) is 12.1 Å². The summed E-state index contributed by atoms with van der Waals surface area (Å²) in [6.45, 7) is 4.55. The quantitative estimate of drug-likeness (QED) is 0.369. The van der Waals surface area contributed by atoms with Crippen molar-refractivity contribution in [1.82, 2.24) is 29.3 Å². The van der Waals surface area contributed by atoms with Gasteiger partial charge in [0.1, 0.15) is 11.8 Å². The summed E-state index contributed by atoms with van der Waals surface area (Å²) in [5.74, 6) is 2.05. The van der Waals surface area contributed by atoms with Gasteiger partial charge in [0.15, 0.2) is 5.82 Å². The molecule has 0 bridgehead atoms. The lowest BCUT2D eigenvalue weighted by atomic mass is 10.0. The zero-order chi connectivity index (χ0) is 24.1. The van der Waals surface area contributed by atoms with E-state index in [9.17, 15) is 0 Å². The number of anilines is 1. The van der Waals surface area contributed by atoms with Crippen LogP contribution in [0.15, 0.2) is 67.1 Å². The molecule has 1 saturated carbocycles. The molecule has 1 saturated heterocycles. The molecule has 2 unspecified atom stereocenters. The van der Waals surface area contributed by atoms with Crippen LogP contribution >= 0.6 is 0 Å². The molecule has 3 aromatic heterocycles. The van der Waals surface area contributed by atoms with E-state index < -0.39 is 0 Å². The molecule has 36 heavy (non-hydrogen) atoms. The van der Waals surface area contributed by atoms with Crippen LogP contribution in [0.5, 0.6) is 0 Å². The fraction of sp³-hybridized carbons (Fsp3) is 0.345. The van der Waals surface area contributed by atoms with Crippen LogP contribution < -0.4 is 5.73 Å². The van der Waals surface area contributed by atoms with Crippen LogP contribution in [0.4, 0.5) is 5.82 Å². The van der Waals surface area contributed by atoms with Crippen LogP contribution in [0.2, 0.25) is 0 Å². The van der Waals surface area contributed by atoms with Gasteiger partial charge >= 0.3 is 0 Å². The lowest BCUT2D eigenvalue weighted by Crippen LogP contribution is -2.22. The van der Waals surface area contributed by atoms with Gasteiger partial charge in [-0.1, -0.05) is 42.5 Å². The van der Waals surface area contributed by atoms with Crippen molar-refractivity contribution in [3.05, 3.63) is 78.4 Å². The topological polar surface area (TPSA) is 77.3 Å². The highest BCUT2D eigenvalue weighted by Gasteiger charge is 2.39. The second kappa shape index (κ2) is 8.75. The highest BCUT2D eigenvalue weighted by molar-refractivity contribution is 5.92. The molecule has 2 aromatic carbocycles. The smallest absolute Gasteiger partial charge is 0.151 e. The minimum absolute atomic E-state index is 0.519. The standard InChI is InChI=1S/C29H31N7/c30-29-28-26(21-8-9-22-18-35(33-27(22)14-21)16-20-6-2-1-3-7-20)15-25(36(28)32-19-31-29)13-23-12-24(23)17-34-10-4-5-11-34/h1-3,6-9,14-15,18-19,23-24H,4-5,10-13,16-17H2,(H2,30,31,32). The molecule has 7 heteroatoms. The van der Waals surface area contributed by atoms with Gasteiger partial charge < -0.3 is 10.6 Å². The third-order valence-electron chi connectivity index (χ3n) is 7.94. The molecule has 182 valence electrons. The molecule has 1 aliphatic carbocycles. The highest BCUT2D eigenvalue weighted by atomic mass is 15.3. The molecule has 0 spiro atoms. The Hall–Kier alpha value is -3.71. The van der Waals surface area contributed by atoms with Gasteiger partial charge in [-0.05, 0) is 73.9 Å². The summed E-state index contributed by atoms with van der Waals surface area (Å²) in [6.07, 6.45) is 8.73. The number of hydrogen-bond donors (Lipinski definition) is 1. The zero-order valence-corrected chi connectivity index (χ0v) is 20.4. The Balaban J connectivity index is 1.19. The molecule has 1 aliphatic heterocycles. The Morgan fingerprint density at radius 1 is 0.972 bits per heavy atom. The van der Waals surface area contributed by atoms with Crippen LogP contribution in [0.3, 0.4) is 0 Å². The fourth-order valence-electron chi connectivity index (χ4n) is 5.93. The van der Waals surface area contributed by atoms with E-state index >= 15 is 0 Å². The molecule has 0 radical (unpaired) electrons. The Morgan fingerprint density at radius 3 is 2.69 bits per heavy atom. The third-order valence-corrected chi connectivity index (χ3v) is 7.94. The number of rotatable bonds is 7. The monoisotopic (exact) mass is 477 g/mol. The minimum Gasteiger partial charge on any atom is -0.382 e. The Labute approximate surface area is 210 Å². The molecule has 7 nitrogen and oxygen atoms in total. The molecule has 2 atom stereocenters. The maximum absolute atomic E-state index is 6.39. The first-order valence-electron chi connectivity index (χ1n) is 13.1. The largest absolute Gasteiger partial charge is 0.382 e. The summed E-state index contributed by atoms with van der Waals surface area (Å²) in [6, 6.07) is 19.2. The summed E-state index contributed by atoms with van der Waals surface area (Å²) >= 11 is 0. The molecule has 7 rings (SSSR count). The maximum Gasteiger partial charge on any atom is 0.151 e. The second-order valence-electron chi connectivity index (χ2n) is 10.5. The number of benzene rings is 2. The third kappa shape index (κ3) is 4.03. The maximum atomic E-state index is 6.39. The van der Waals surface area contributed by atoms with Gasteiger partial charge in [0.25, 0.3) is 0 Å². The van der Waals surface area contributed by atoms with E-state index in [2.05, 4.69) is 69.7 Å². The predicted octanol–water partition coefficient (Wildman–Crippen LogP) is 4.65. The fourth-order valence-corrected chi connectivity index (χ4v) is 5.93. The van der Waals surface area contributed by atoms with E-state index in [1.807, 2.05) is 15.3 Å². The number of likely N-dealkylation sites (tertiary alicyclic amines) is 1. The second-order valence-corrected chi connectivity index (χ2v) is 10.5. The van der Waals surface area contributed by atoms with Crippen LogP contribution in [0.1, 0.15) is 30.5 Å². The number of fused-ring (bicyclic) bond motifs is 2. The van der Waals surface area contributed by atoms with Crippen molar-refractivity contribution in [3.8, 4) is 11.1 Å². The number of hydrogen-bond acceptors (Lipinski definition) is 5. The lowest BCUT2D eigenvalue weighted by Gasteiger charge is -2.13. The van der Waals surface area contributed by atoms with E-state index in [4.69, 9.17) is 10.8 Å². The van der Waals surface area contributed by atoms with Crippen LogP contribution in [0, 0.1) is 11.8 Å². The highest BCUT2D eigenvalue weighted by Crippen LogP contribution is 2.43. The van der Waals surface area contributed by atoms with Crippen LogP contribution in [-0.4, -0.2) is 48.9 Å². The summed E-state index contributed by atoms with van der Waals surface area (Å²) in [4.78, 5) is 6.96. The molecular formula is C29H31N7. The van der Waals surface area contributed by atoms with Crippen molar-refractivity contribution in [2.45, 2.75) is 32.2 Å². The summed E-state index contributed by atoms with van der Waals surface area (Å²) in [5, 5.41) is 10.6. The Bertz CT molecular complexity index is 1530. The first kappa shape index (κ1) is 21.6. The minimum atomic E-state index is 0.519. The van der Waals surface area contributed by atoms with Gasteiger partial charge in [-0.25, -0.2) is 9.50 Å². The molecule has 0 amide bonds. The van der Waals surface area contributed by atoms with Crippen molar-refractivity contribution in [3.63, 3.8) is 0 Å². The summed E-state index contributed by atoms with van der Waals surface area (Å²) in [7, 11) is 0. The van der Waals surface area contributed by atoms with Crippen LogP contribution in [-0.2, 0) is 13.0 Å². The number of nitrogens with zero attached hydrogens (tertiary/aromatic N) is 6.